The zero-order valence-corrected chi connectivity index (χ0v) is 13.7. The molecule has 1 saturated heterocycles. The molecule has 1 unspecified atom stereocenters. The van der Waals surface area contributed by atoms with Gasteiger partial charge in [0.05, 0.1) is 36.4 Å². The highest BCUT2D eigenvalue weighted by molar-refractivity contribution is 6.30. The van der Waals surface area contributed by atoms with Crippen molar-refractivity contribution in [3.05, 3.63) is 46.7 Å². The van der Waals surface area contributed by atoms with Crippen molar-refractivity contribution in [2.24, 2.45) is 0 Å². The van der Waals surface area contributed by atoms with Crippen LogP contribution in [-0.2, 0) is 9.53 Å². The van der Waals surface area contributed by atoms with Crippen molar-refractivity contribution >= 4 is 23.5 Å². The van der Waals surface area contributed by atoms with Gasteiger partial charge in [0.2, 0.25) is 0 Å². The number of halogens is 1. The van der Waals surface area contributed by atoms with Crippen LogP contribution in [0.25, 0.3) is 5.69 Å². The Balaban J connectivity index is 1.91. The summed E-state index contributed by atoms with van der Waals surface area (Å²) in [5.74, 6) is -1.44. The number of ether oxygens (including phenoxy) is 1. The molecule has 1 aliphatic rings. The fourth-order valence-corrected chi connectivity index (χ4v) is 2.79. The summed E-state index contributed by atoms with van der Waals surface area (Å²) in [6, 6.07) is 6.09. The van der Waals surface area contributed by atoms with E-state index in [1.807, 2.05) is 0 Å². The molecule has 1 atom stereocenters. The highest BCUT2D eigenvalue weighted by atomic mass is 35.5. The smallest absolute Gasteiger partial charge is 0.328 e. The highest BCUT2D eigenvalue weighted by Crippen LogP contribution is 2.20. The summed E-state index contributed by atoms with van der Waals surface area (Å²) >= 11 is 5.88. The lowest BCUT2D eigenvalue weighted by atomic mass is 10.1. The average molecular weight is 350 g/mol. The summed E-state index contributed by atoms with van der Waals surface area (Å²) in [6.45, 7) is 2.32. The first-order chi connectivity index (χ1) is 11.5. The van der Waals surface area contributed by atoms with E-state index in [1.165, 1.54) is 11.1 Å². The van der Waals surface area contributed by atoms with Crippen molar-refractivity contribution < 1.29 is 19.4 Å². The summed E-state index contributed by atoms with van der Waals surface area (Å²) in [7, 11) is 0. The number of nitrogens with zero attached hydrogens (tertiary/aromatic N) is 3. The predicted octanol–water partition coefficient (Wildman–Crippen LogP) is 1.76. The second-order valence-electron chi connectivity index (χ2n) is 5.46. The molecule has 0 bridgehead atoms. The number of aromatic nitrogens is 2. The van der Waals surface area contributed by atoms with Gasteiger partial charge >= 0.3 is 5.97 Å². The van der Waals surface area contributed by atoms with Crippen LogP contribution in [0.2, 0.25) is 5.02 Å². The van der Waals surface area contributed by atoms with Gasteiger partial charge in [0.25, 0.3) is 5.91 Å². The Hall–Kier alpha value is -2.38. The van der Waals surface area contributed by atoms with Crippen molar-refractivity contribution in [1.82, 2.24) is 14.7 Å². The van der Waals surface area contributed by atoms with Gasteiger partial charge in [-0.1, -0.05) is 11.6 Å². The van der Waals surface area contributed by atoms with Crippen molar-refractivity contribution in [2.75, 3.05) is 19.8 Å². The molecular weight excluding hydrogens is 334 g/mol. The summed E-state index contributed by atoms with van der Waals surface area (Å²) < 4.78 is 6.79. The lowest BCUT2D eigenvalue weighted by Crippen LogP contribution is -2.52. The number of amides is 1. The van der Waals surface area contributed by atoms with Gasteiger partial charge in [-0.15, -0.1) is 0 Å². The SMILES string of the molecule is Cc1c(C(=O)N2CCOCC2C(=O)O)cnn1-c1ccc(Cl)cc1. The quantitative estimate of drug-likeness (QED) is 0.912. The Labute approximate surface area is 143 Å². The molecule has 1 aromatic heterocycles. The molecule has 0 aliphatic carbocycles. The van der Waals surface area contributed by atoms with Crippen LogP contribution in [0.1, 0.15) is 16.1 Å². The third-order valence-electron chi connectivity index (χ3n) is 3.99. The molecule has 1 aliphatic heterocycles. The summed E-state index contributed by atoms with van der Waals surface area (Å²) in [6.07, 6.45) is 1.46. The molecule has 1 amide bonds. The molecule has 2 heterocycles. The molecule has 126 valence electrons. The van der Waals surface area contributed by atoms with Crippen molar-refractivity contribution in [3.63, 3.8) is 0 Å². The predicted molar refractivity (Wildman–Crippen MR) is 86.6 cm³/mol. The summed E-state index contributed by atoms with van der Waals surface area (Å²) in [4.78, 5) is 25.4. The van der Waals surface area contributed by atoms with E-state index in [1.54, 1.807) is 35.9 Å². The van der Waals surface area contributed by atoms with Crippen LogP contribution in [0.3, 0.4) is 0 Å². The highest BCUT2D eigenvalue weighted by Gasteiger charge is 2.34. The fourth-order valence-electron chi connectivity index (χ4n) is 2.67. The van der Waals surface area contributed by atoms with E-state index in [4.69, 9.17) is 16.3 Å². The number of carboxylic acid groups (broad SMARTS) is 1. The molecule has 3 rings (SSSR count). The molecule has 2 aromatic rings. The zero-order valence-electron chi connectivity index (χ0n) is 13.0. The van der Waals surface area contributed by atoms with E-state index >= 15 is 0 Å². The number of hydrogen-bond acceptors (Lipinski definition) is 4. The van der Waals surface area contributed by atoms with Crippen LogP contribution in [-0.4, -0.2) is 57.5 Å². The van der Waals surface area contributed by atoms with Crippen LogP contribution >= 0.6 is 11.6 Å². The van der Waals surface area contributed by atoms with E-state index < -0.39 is 12.0 Å². The first-order valence-electron chi connectivity index (χ1n) is 7.41. The van der Waals surface area contributed by atoms with Gasteiger partial charge < -0.3 is 14.7 Å². The second kappa shape index (κ2) is 6.62. The largest absolute Gasteiger partial charge is 0.480 e. The van der Waals surface area contributed by atoms with Crippen LogP contribution < -0.4 is 0 Å². The maximum Gasteiger partial charge on any atom is 0.328 e. The van der Waals surface area contributed by atoms with Gasteiger partial charge in [0.1, 0.15) is 0 Å². The first-order valence-corrected chi connectivity index (χ1v) is 7.79. The van der Waals surface area contributed by atoms with Gasteiger partial charge in [0, 0.05) is 11.6 Å². The van der Waals surface area contributed by atoms with E-state index in [0.717, 1.165) is 5.69 Å². The third-order valence-corrected chi connectivity index (χ3v) is 4.24. The number of morpholine rings is 1. The summed E-state index contributed by atoms with van der Waals surface area (Å²) in [5.41, 5.74) is 1.78. The Bertz CT molecular complexity index is 772. The normalized spacial score (nSPS) is 17.8. The molecule has 0 saturated carbocycles. The minimum absolute atomic E-state index is 0.00849. The van der Waals surface area contributed by atoms with Crippen molar-refractivity contribution in [2.45, 2.75) is 13.0 Å². The van der Waals surface area contributed by atoms with Gasteiger partial charge in [-0.2, -0.15) is 5.10 Å². The van der Waals surface area contributed by atoms with E-state index in [2.05, 4.69) is 5.10 Å². The number of carbonyl (C=O) groups is 2. The Kier molecular flexibility index (Phi) is 4.55. The molecule has 24 heavy (non-hydrogen) atoms. The average Bonchev–Trinajstić information content (AvgIpc) is 2.96. The molecule has 8 heteroatoms. The third kappa shape index (κ3) is 3.00. The number of rotatable bonds is 3. The van der Waals surface area contributed by atoms with Crippen molar-refractivity contribution in [1.29, 1.82) is 0 Å². The number of benzene rings is 1. The number of carbonyl (C=O) groups excluding carboxylic acids is 1. The van der Waals surface area contributed by atoms with Crippen LogP contribution in [0.5, 0.6) is 0 Å². The van der Waals surface area contributed by atoms with Crippen LogP contribution in [0.15, 0.2) is 30.5 Å². The number of carboxylic acids is 1. The maximum atomic E-state index is 12.8. The standard InChI is InChI=1S/C16H16ClN3O4/c1-10-13(8-18-20(10)12-4-2-11(17)3-5-12)15(21)19-6-7-24-9-14(19)16(22)23/h2-5,8,14H,6-7,9H2,1H3,(H,22,23). The molecule has 1 N–H and O–H groups in total. The minimum Gasteiger partial charge on any atom is -0.480 e. The fraction of sp³-hybridized carbons (Fsp3) is 0.312. The zero-order chi connectivity index (χ0) is 17.3. The second-order valence-corrected chi connectivity index (χ2v) is 5.90. The molecule has 1 aromatic carbocycles. The monoisotopic (exact) mass is 349 g/mol. The lowest BCUT2D eigenvalue weighted by Gasteiger charge is -2.32. The minimum atomic E-state index is -1.08. The van der Waals surface area contributed by atoms with Gasteiger partial charge in [-0.05, 0) is 31.2 Å². The Morgan fingerprint density at radius 3 is 2.71 bits per heavy atom. The Morgan fingerprint density at radius 1 is 1.33 bits per heavy atom. The molecule has 1 fully saturated rings. The lowest BCUT2D eigenvalue weighted by molar-refractivity contribution is -0.147. The molecule has 0 spiro atoms. The van der Waals surface area contributed by atoms with E-state index in [-0.39, 0.29) is 19.1 Å². The van der Waals surface area contributed by atoms with E-state index in [0.29, 0.717) is 22.9 Å². The van der Waals surface area contributed by atoms with Crippen LogP contribution in [0, 0.1) is 6.92 Å². The van der Waals surface area contributed by atoms with Gasteiger partial charge in [0.15, 0.2) is 6.04 Å². The maximum absolute atomic E-state index is 12.8. The van der Waals surface area contributed by atoms with Gasteiger partial charge in [-0.3, -0.25) is 4.79 Å². The van der Waals surface area contributed by atoms with Crippen LogP contribution in [0.4, 0.5) is 0 Å². The molecule has 0 radical (unpaired) electrons. The summed E-state index contributed by atoms with van der Waals surface area (Å²) in [5, 5.41) is 14.1. The van der Waals surface area contributed by atoms with Crippen molar-refractivity contribution in [3.8, 4) is 5.69 Å². The van der Waals surface area contributed by atoms with E-state index in [9.17, 15) is 14.7 Å². The number of hydrogen-bond donors (Lipinski definition) is 1. The first kappa shape index (κ1) is 16.5. The van der Waals surface area contributed by atoms with Gasteiger partial charge in [-0.25, -0.2) is 9.48 Å². The topological polar surface area (TPSA) is 84.7 Å². The molecular formula is C16H16ClN3O4. The number of aliphatic carboxylic acids is 1. The molecule has 7 nitrogen and oxygen atoms in total. The Morgan fingerprint density at radius 2 is 2.04 bits per heavy atom.